The average Bonchev–Trinajstić information content (AvgIpc) is 2.50. The fourth-order valence-corrected chi connectivity index (χ4v) is 5.19. The van der Waals surface area contributed by atoms with Crippen LogP contribution in [0.3, 0.4) is 0 Å². The van der Waals surface area contributed by atoms with E-state index in [1.54, 1.807) is 13.3 Å². The van der Waals surface area contributed by atoms with Crippen molar-refractivity contribution in [3.05, 3.63) is 45.5 Å². The first kappa shape index (κ1) is 19.0. The van der Waals surface area contributed by atoms with Gasteiger partial charge in [0, 0.05) is 11.1 Å². The molecule has 2 atom stereocenters. The summed E-state index contributed by atoms with van der Waals surface area (Å²) in [4.78, 5) is 0. The first-order chi connectivity index (χ1) is 11.1. The predicted octanol–water partition coefficient (Wildman–Crippen LogP) is 5.37. The topological polar surface area (TPSA) is 34.1 Å². The number of rotatable bonds is 3. The minimum absolute atomic E-state index is 0.870. The molecule has 0 aliphatic heterocycles. The second-order valence-electron chi connectivity index (χ2n) is 6.67. The zero-order valence-electron chi connectivity index (χ0n) is 15.9. The van der Waals surface area contributed by atoms with Crippen LogP contribution in [0.15, 0.2) is 12.1 Å². The lowest BCUT2D eigenvalue weighted by Gasteiger charge is -2.17. The number of aryl methyl sites for hydroxylation is 2. The molecule has 2 rings (SSSR count). The summed E-state index contributed by atoms with van der Waals surface area (Å²) in [6.07, 6.45) is 0. The second kappa shape index (κ2) is 6.87. The van der Waals surface area contributed by atoms with Crippen molar-refractivity contribution >= 4 is 26.2 Å². The quantitative estimate of drug-likeness (QED) is 0.690. The van der Waals surface area contributed by atoms with Gasteiger partial charge in [0.1, 0.15) is 13.3 Å². The van der Waals surface area contributed by atoms with E-state index in [9.17, 15) is 9.13 Å². The number of benzene rings is 2. The van der Waals surface area contributed by atoms with Crippen molar-refractivity contribution in [3.63, 3.8) is 0 Å². The zero-order chi connectivity index (χ0) is 18.3. The third kappa shape index (κ3) is 3.10. The molecule has 2 unspecified atom stereocenters. The minimum atomic E-state index is -1.49. The van der Waals surface area contributed by atoms with Gasteiger partial charge >= 0.3 is 15.6 Å². The Labute approximate surface area is 147 Å². The van der Waals surface area contributed by atoms with Gasteiger partial charge in [-0.25, -0.2) is 0 Å². The first-order valence-electron chi connectivity index (χ1n) is 8.11. The van der Waals surface area contributed by atoms with Crippen LogP contribution in [0, 0.1) is 41.5 Å². The summed E-state index contributed by atoms with van der Waals surface area (Å²) in [7, 11) is -2.98. The smallest absolute Gasteiger partial charge is 0.0684 e. The van der Waals surface area contributed by atoms with Crippen LogP contribution in [0.25, 0.3) is 11.1 Å². The van der Waals surface area contributed by atoms with Crippen LogP contribution in [-0.2, 0) is 9.13 Å². The molecular weight excluding hydrogens is 334 g/mol. The van der Waals surface area contributed by atoms with Gasteiger partial charge in [0.05, 0.1) is 0 Å². The maximum atomic E-state index is 12.5. The van der Waals surface area contributed by atoms with Crippen LogP contribution in [-0.4, -0.2) is 13.3 Å². The van der Waals surface area contributed by atoms with E-state index < -0.39 is 15.6 Å². The first-order valence-corrected chi connectivity index (χ1v) is 11.5. The summed E-state index contributed by atoms with van der Waals surface area (Å²) in [6, 6.07) is 4.08. The third-order valence-corrected chi connectivity index (χ3v) is 7.27. The highest BCUT2D eigenvalue weighted by molar-refractivity contribution is 7.53. The highest BCUT2D eigenvalue weighted by atomic mass is 31.1. The van der Waals surface area contributed by atoms with E-state index in [-0.39, 0.29) is 0 Å². The van der Waals surface area contributed by atoms with Gasteiger partial charge in [-0.2, -0.15) is 0 Å². The molecule has 4 heteroatoms. The van der Waals surface area contributed by atoms with Crippen LogP contribution in [0.5, 0.6) is 0 Å². The molecule has 2 nitrogen and oxygen atoms in total. The molecule has 0 heterocycles. The van der Waals surface area contributed by atoms with Gasteiger partial charge in [0.15, 0.2) is 10.6 Å². The maximum Gasteiger partial charge on any atom is 0.374 e. The molecule has 2 aromatic rings. The predicted molar refractivity (Wildman–Crippen MR) is 107 cm³/mol. The summed E-state index contributed by atoms with van der Waals surface area (Å²) < 4.78 is 24.9. The molecule has 0 amide bonds. The van der Waals surface area contributed by atoms with Crippen molar-refractivity contribution in [1.29, 1.82) is 0 Å². The molecule has 0 aromatic heterocycles. The highest BCUT2D eigenvalue weighted by Crippen LogP contribution is 2.37. The van der Waals surface area contributed by atoms with Crippen LogP contribution < -0.4 is 10.6 Å². The molecule has 0 saturated carbocycles. The third-order valence-electron chi connectivity index (χ3n) is 5.21. The lowest BCUT2D eigenvalue weighted by molar-refractivity contribution is 0.595. The summed E-state index contributed by atoms with van der Waals surface area (Å²) in [5.41, 5.74) is 9.03. The van der Waals surface area contributed by atoms with E-state index in [1.807, 2.05) is 12.1 Å². The summed E-state index contributed by atoms with van der Waals surface area (Å²) >= 11 is 0. The van der Waals surface area contributed by atoms with Gasteiger partial charge in [-0.15, -0.1) is 0 Å². The lowest BCUT2D eigenvalue weighted by atomic mass is 9.89. The van der Waals surface area contributed by atoms with Gasteiger partial charge in [-0.1, -0.05) is 9.13 Å². The van der Waals surface area contributed by atoms with Gasteiger partial charge < -0.3 is 0 Å². The Morgan fingerprint density at radius 3 is 1.12 bits per heavy atom. The molecule has 0 saturated heterocycles. The second-order valence-corrected chi connectivity index (χ2v) is 9.62. The molecule has 0 fully saturated rings. The molecular formula is C20H26O2P2+2. The Morgan fingerprint density at radius 2 is 0.875 bits per heavy atom. The zero-order valence-corrected chi connectivity index (χ0v) is 17.7. The molecule has 0 spiro atoms. The normalized spacial score (nSPS) is 12.3. The summed E-state index contributed by atoms with van der Waals surface area (Å²) in [5, 5.41) is 1.74. The van der Waals surface area contributed by atoms with Crippen molar-refractivity contribution in [2.45, 2.75) is 41.5 Å². The largest absolute Gasteiger partial charge is 0.374 e. The van der Waals surface area contributed by atoms with Gasteiger partial charge in [0.25, 0.3) is 0 Å². The lowest BCUT2D eigenvalue weighted by Crippen LogP contribution is -2.15. The van der Waals surface area contributed by atoms with Gasteiger partial charge in [-0.3, -0.25) is 0 Å². The van der Waals surface area contributed by atoms with Crippen molar-refractivity contribution in [2.75, 3.05) is 13.3 Å². The van der Waals surface area contributed by atoms with Crippen LogP contribution >= 0.6 is 15.6 Å². The molecule has 0 radical (unpaired) electrons. The number of hydrogen-bond acceptors (Lipinski definition) is 2. The Bertz CT molecular complexity index is 807. The fourth-order valence-electron chi connectivity index (χ4n) is 3.25. The van der Waals surface area contributed by atoms with E-state index in [2.05, 4.69) is 41.5 Å². The van der Waals surface area contributed by atoms with Gasteiger partial charge in [-0.05, 0) is 87.1 Å². The standard InChI is InChI=1S/C20H26O2P2/c1-11-9-17(23(7)21)19(15(5)13(11)3)20-16(6)14(4)12(2)10-18(20)24(8)22/h9-10H,1-8H3/q+2. The average molecular weight is 360 g/mol. The molecule has 0 aliphatic carbocycles. The van der Waals surface area contributed by atoms with Crippen molar-refractivity contribution in [1.82, 2.24) is 0 Å². The van der Waals surface area contributed by atoms with E-state index in [4.69, 9.17) is 0 Å². The Hall–Kier alpha value is -1.36. The van der Waals surface area contributed by atoms with E-state index in [1.165, 1.54) is 11.1 Å². The Morgan fingerprint density at radius 1 is 0.583 bits per heavy atom. The molecule has 0 N–H and O–H groups in total. The molecule has 2 aromatic carbocycles. The van der Waals surface area contributed by atoms with Crippen molar-refractivity contribution in [2.24, 2.45) is 0 Å². The van der Waals surface area contributed by atoms with Crippen molar-refractivity contribution in [3.8, 4) is 11.1 Å². The highest BCUT2D eigenvalue weighted by Gasteiger charge is 2.31. The summed E-state index contributed by atoms with van der Waals surface area (Å²) in [5.74, 6) is 0. The van der Waals surface area contributed by atoms with Crippen LogP contribution in [0.1, 0.15) is 33.4 Å². The van der Waals surface area contributed by atoms with E-state index in [0.717, 1.165) is 44.0 Å². The molecule has 0 bridgehead atoms. The summed E-state index contributed by atoms with van der Waals surface area (Å²) in [6.45, 7) is 16.0. The van der Waals surface area contributed by atoms with Gasteiger partial charge in [0.2, 0.25) is 0 Å². The van der Waals surface area contributed by atoms with Crippen molar-refractivity contribution < 1.29 is 9.13 Å². The fraction of sp³-hybridized carbons (Fsp3) is 0.400. The monoisotopic (exact) mass is 360 g/mol. The molecule has 24 heavy (non-hydrogen) atoms. The van der Waals surface area contributed by atoms with Crippen LogP contribution in [0.4, 0.5) is 0 Å². The number of hydrogen-bond donors (Lipinski definition) is 0. The molecule has 0 aliphatic rings. The maximum absolute atomic E-state index is 12.5. The van der Waals surface area contributed by atoms with E-state index in [0.29, 0.717) is 0 Å². The van der Waals surface area contributed by atoms with E-state index >= 15 is 0 Å². The Balaban J connectivity index is 3.07. The Kier molecular flexibility index (Phi) is 5.43. The SMILES string of the molecule is Cc1cc([P+](C)=O)c(-c2c([P+](C)=O)cc(C)c(C)c2C)c(C)c1C. The van der Waals surface area contributed by atoms with Crippen LogP contribution in [0.2, 0.25) is 0 Å². The minimum Gasteiger partial charge on any atom is -0.0684 e. The molecule has 126 valence electrons.